The van der Waals surface area contributed by atoms with Gasteiger partial charge in [-0.25, -0.2) is 4.68 Å². The Bertz CT molecular complexity index is 602. The van der Waals surface area contributed by atoms with E-state index in [2.05, 4.69) is 5.10 Å². The zero-order valence-electron chi connectivity index (χ0n) is 12.4. The summed E-state index contributed by atoms with van der Waals surface area (Å²) in [5.41, 5.74) is 3.80. The third kappa shape index (κ3) is 2.59. The Balaban J connectivity index is 2.42. The van der Waals surface area contributed by atoms with Crippen LogP contribution in [-0.4, -0.2) is 22.4 Å². The molecule has 1 atom stereocenters. The fraction of sp³-hybridized carbons (Fsp3) is 0.375. The monoisotopic (exact) mass is 272 g/mol. The highest BCUT2D eigenvalue weighted by Gasteiger charge is 2.24. The maximum absolute atomic E-state index is 11.9. The maximum atomic E-state index is 11.9. The van der Waals surface area contributed by atoms with E-state index in [1.54, 1.807) is 0 Å². The van der Waals surface area contributed by atoms with Crippen LogP contribution in [0.1, 0.15) is 36.7 Å². The van der Waals surface area contributed by atoms with Crippen LogP contribution in [-0.2, 0) is 9.53 Å². The van der Waals surface area contributed by atoms with Crippen molar-refractivity contribution in [2.75, 3.05) is 6.61 Å². The van der Waals surface area contributed by atoms with E-state index in [1.807, 2.05) is 62.7 Å². The number of aryl methyl sites for hydroxylation is 1. The zero-order valence-corrected chi connectivity index (χ0v) is 12.4. The van der Waals surface area contributed by atoms with E-state index in [0.29, 0.717) is 6.61 Å². The number of benzene rings is 1. The average molecular weight is 272 g/mol. The first-order valence-electron chi connectivity index (χ1n) is 6.84. The molecular formula is C16H20N2O2. The Morgan fingerprint density at radius 2 is 1.95 bits per heavy atom. The summed E-state index contributed by atoms with van der Waals surface area (Å²) in [4.78, 5) is 11.9. The van der Waals surface area contributed by atoms with E-state index in [0.717, 1.165) is 22.6 Å². The quantitative estimate of drug-likeness (QED) is 0.803. The van der Waals surface area contributed by atoms with Crippen LogP contribution >= 0.6 is 0 Å². The van der Waals surface area contributed by atoms with Crippen LogP contribution in [0.4, 0.5) is 0 Å². The lowest BCUT2D eigenvalue weighted by atomic mass is 9.99. The number of para-hydroxylation sites is 1. The summed E-state index contributed by atoms with van der Waals surface area (Å²) < 4.78 is 6.98. The molecule has 0 aliphatic carbocycles. The van der Waals surface area contributed by atoms with Crippen molar-refractivity contribution in [3.63, 3.8) is 0 Å². The number of rotatable bonds is 4. The molecule has 1 heterocycles. The highest BCUT2D eigenvalue weighted by molar-refractivity contribution is 5.78. The molecule has 2 rings (SSSR count). The molecule has 0 fully saturated rings. The van der Waals surface area contributed by atoms with Crippen LogP contribution in [0, 0.1) is 13.8 Å². The molecule has 2 aromatic rings. The summed E-state index contributed by atoms with van der Waals surface area (Å²) in [5.74, 6) is -0.501. The number of esters is 1. The van der Waals surface area contributed by atoms with Crippen molar-refractivity contribution in [3.8, 4) is 5.69 Å². The molecule has 0 aliphatic rings. The molecule has 0 bridgehead atoms. The van der Waals surface area contributed by atoms with E-state index < -0.39 is 0 Å². The first-order valence-corrected chi connectivity index (χ1v) is 6.84. The van der Waals surface area contributed by atoms with Gasteiger partial charge in [0.1, 0.15) is 0 Å². The van der Waals surface area contributed by atoms with E-state index >= 15 is 0 Å². The highest BCUT2D eigenvalue weighted by Crippen LogP contribution is 2.26. The second kappa shape index (κ2) is 5.90. The van der Waals surface area contributed by atoms with Crippen LogP contribution in [0.15, 0.2) is 30.3 Å². The predicted molar refractivity (Wildman–Crippen MR) is 78.1 cm³/mol. The van der Waals surface area contributed by atoms with Crippen LogP contribution in [0.2, 0.25) is 0 Å². The van der Waals surface area contributed by atoms with Crippen molar-refractivity contribution in [1.29, 1.82) is 0 Å². The van der Waals surface area contributed by atoms with Gasteiger partial charge in [0.15, 0.2) is 0 Å². The lowest BCUT2D eigenvalue weighted by Crippen LogP contribution is -2.14. The largest absolute Gasteiger partial charge is 0.466 e. The number of hydrogen-bond donors (Lipinski definition) is 0. The molecule has 0 amide bonds. The number of carbonyl (C=O) groups is 1. The van der Waals surface area contributed by atoms with Crippen molar-refractivity contribution in [3.05, 3.63) is 47.3 Å². The molecule has 0 spiro atoms. The van der Waals surface area contributed by atoms with Gasteiger partial charge in [-0.3, -0.25) is 4.79 Å². The molecule has 4 nitrogen and oxygen atoms in total. The topological polar surface area (TPSA) is 44.1 Å². The second-order valence-electron chi connectivity index (χ2n) is 4.81. The number of nitrogens with zero attached hydrogens (tertiary/aromatic N) is 2. The first-order chi connectivity index (χ1) is 9.56. The minimum Gasteiger partial charge on any atom is -0.466 e. The molecule has 0 N–H and O–H groups in total. The van der Waals surface area contributed by atoms with E-state index in [-0.39, 0.29) is 11.9 Å². The van der Waals surface area contributed by atoms with Crippen LogP contribution in [0.3, 0.4) is 0 Å². The molecule has 4 heteroatoms. The number of carbonyl (C=O) groups excluding carboxylic acids is 1. The van der Waals surface area contributed by atoms with Crippen molar-refractivity contribution in [2.45, 2.75) is 33.6 Å². The minimum absolute atomic E-state index is 0.202. The molecule has 0 saturated carbocycles. The van der Waals surface area contributed by atoms with Gasteiger partial charge in [-0.2, -0.15) is 5.10 Å². The van der Waals surface area contributed by atoms with Gasteiger partial charge in [0.25, 0.3) is 0 Å². The number of hydrogen-bond acceptors (Lipinski definition) is 3. The number of ether oxygens (including phenoxy) is 1. The lowest BCUT2D eigenvalue weighted by Gasteiger charge is -2.11. The van der Waals surface area contributed by atoms with Crippen LogP contribution in [0.5, 0.6) is 0 Å². The van der Waals surface area contributed by atoms with Crippen molar-refractivity contribution in [2.24, 2.45) is 0 Å². The molecule has 1 aromatic heterocycles. The Kier molecular flexibility index (Phi) is 4.23. The van der Waals surface area contributed by atoms with Crippen molar-refractivity contribution in [1.82, 2.24) is 9.78 Å². The van der Waals surface area contributed by atoms with Gasteiger partial charge in [0.2, 0.25) is 0 Å². The van der Waals surface area contributed by atoms with E-state index in [4.69, 9.17) is 4.74 Å². The Hall–Kier alpha value is -2.10. The van der Waals surface area contributed by atoms with E-state index in [1.165, 1.54) is 0 Å². The number of aromatic nitrogens is 2. The fourth-order valence-electron chi connectivity index (χ4n) is 2.49. The Morgan fingerprint density at radius 1 is 1.30 bits per heavy atom. The highest BCUT2D eigenvalue weighted by atomic mass is 16.5. The van der Waals surface area contributed by atoms with Gasteiger partial charge in [-0.15, -0.1) is 0 Å². The molecule has 0 aliphatic heterocycles. The van der Waals surface area contributed by atoms with Crippen molar-refractivity contribution >= 4 is 5.97 Å². The van der Waals surface area contributed by atoms with Crippen molar-refractivity contribution < 1.29 is 9.53 Å². The third-order valence-electron chi connectivity index (χ3n) is 3.42. The molecular weight excluding hydrogens is 252 g/mol. The second-order valence-corrected chi connectivity index (χ2v) is 4.81. The fourth-order valence-corrected chi connectivity index (χ4v) is 2.49. The summed E-state index contributed by atoms with van der Waals surface area (Å²) in [5, 5.41) is 4.55. The average Bonchev–Trinajstić information content (AvgIpc) is 2.74. The van der Waals surface area contributed by atoms with Crippen LogP contribution < -0.4 is 0 Å². The van der Waals surface area contributed by atoms with Gasteiger partial charge in [-0.1, -0.05) is 18.2 Å². The Labute approximate surface area is 119 Å². The summed E-state index contributed by atoms with van der Waals surface area (Å²) in [6, 6.07) is 9.91. The zero-order chi connectivity index (χ0) is 14.7. The van der Waals surface area contributed by atoms with Gasteiger partial charge >= 0.3 is 5.97 Å². The summed E-state index contributed by atoms with van der Waals surface area (Å²) >= 11 is 0. The third-order valence-corrected chi connectivity index (χ3v) is 3.42. The molecule has 1 aromatic carbocycles. The lowest BCUT2D eigenvalue weighted by molar-refractivity contribution is -0.144. The maximum Gasteiger partial charge on any atom is 0.313 e. The smallest absolute Gasteiger partial charge is 0.313 e. The van der Waals surface area contributed by atoms with Gasteiger partial charge < -0.3 is 4.74 Å². The normalized spacial score (nSPS) is 12.2. The standard InChI is InChI=1S/C16H20N2O2/c1-5-20-16(19)11(2)15-12(3)17-18(13(15)4)14-9-7-6-8-10-14/h6-11H,5H2,1-4H3. The van der Waals surface area contributed by atoms with Crippen LogP contribution in [0.25, 0.3) is 5.69 Å². The summed E-state index contributed by atoms with van der Waals surface area (Å²) in [6.45, 7) is 7.99. The van der Waals surface area contributed by atoms with Gasteiger partial charge in [0, 0.05) is 11.3 Å². The molecule has 0 radical (unpaired) electrons. The molecule has 20 heavy (non-hydrogen) atoms. The molecule has 106 valence electrons. The minimum atomic E-state index is -0.299. The SMILES string of the molecule is CCOC(=O)C(C)c1c(C)nn(-c2ccccc2)c1C. The summed E-state index contributed by atoms with van der Waals surface area (Å²) in [6.07, 6.45) is 0. The molecule has 0 saturated heterocycles. The molecule has 1 unspecified atom stereocenters. The first kappa shape index (κ1) is 14.3. The van der Waals surface area contributed by atoms with Gasteiger partial charge in [0.05, 0.1) is 23.9 Å². The van der Waals surface area contributed by atoms with Gasteiger partial charge in [-0.05, 0) is 39.8 Å². The predicted octanol–water partition coefficient (Wildman–Crippen LogP) is 3.16. The summed E-state index contributed by atoms with van der Waals surface area (Å²) in [7, 11) is 0. The van der Waals surface area contributed by atoms with E-state index in [9.17, 15) is 4.79 Å². The Morgan fingerprint density at radius 3 is 2.55 bits per heavy atom.